The highest BCUT2D eigenvalue weighted by atomic mass is 16.5. The van der Waals surface area contributed by atoms with Gasteiger partial charge >= 0.3 is 0 Å². The lowest BCUT2D eigenvalue weighted by Crippen LogP contribution is -2.60. The molecule has 1 fully saturated rings. The average molecular weight is 236 g/mol. The van der Waals surface area contributed by atoms with Crippen LogP contribution < -0.4 is 10.1 Å². The average Bonchev–Trinajstić information content (AvgIpc) is 2.33. The van der Waals surface area contributed by atoms with Gasteiger partial charge in [0.25, 0.3) is 0 Å². The largest absolute Gasteiger partial charge is 0.486 e. The summed E-state index contributed by atoms with van der Waals surface area (Å²) in [6, 6.07) is 4.25. The number of ether oxygens (including phenoxy) is 2. The van der Waals surface area contributed by atoms with Gasteiger partial charge in [0.15, 0.2) is 0 Å². The standard InChI is InChI=1S/C13H20N2O2/c1-4-16-13-10(14-3)8-12(13)17-11-6-5-7-15-9(11)2/h5-7,10,12-14H,4,8H2,1-3H3. The molecule has 94 valence electrons. The van der Waals surface area contributed by atoms with Crippen molar-refractivity contribution in [2.24, 2.45) is 0 Å². The van der Waals surface area contributed by atoms with Crippen LogP contribution in [0.2, 0.25) is 0 Å². The van der Waals surface area contributed by atoms with Crippen LogP contribution in [0.15, 0.2) is 18.3 Å². The summed E-state index contributed by atoms with van der Waals surface area (Å²) < 4.78 is 11.6. The Hall–Kier alpha value is -1.13. The number of hydrogen-bond acceptors (Lipinski definition) is 4. The maximum absolute atomic E-state index is 5.95. The zero-order valence-electron chi connectivity index (χ0n) is 10.6. The molecule has 0 radical (unpaired) electrons. The number of rotatable bonds is 5. The predicted octanol–water partition coefficient (Wildman–Crippen LogP) is 1.53. The van der Waals surface area contributed by atoms with Crippen LogP contribution in [0.5, 0.6) is 5.75 Å². The molecular weight excluding hydrogens is 216 g/mol. The Bertz CT molecular complexity index is 370. The maximum Gasteiger partial charge on any atom is 0.141 e. The zero-order chi connectivity index (χ0) is 12.3. The van der Waals surface area contributed by atoms with Crippen molar-refractivity contribution in [3.63, 3.8) is 0 Å². The molecule has 17 heavy (non-hydrogen) atoms. The molecule has 0 bridgehead atoms. The number of aromatic nitrogens is 1. The lowest BCUT2D eigenvalue weighted by atomic mass is 9.85. The molecule has 4 nitrogen and oxygen atoms in total. The number of nitrogens with one attached hydrogen (secondary N) is 1. The maximum atomic E-state index is 5.95. The molecule has 1 aromatic heterocycles. The molecule has 2 rings (SSSR count). The van der Waals surface area contributed by atoms with E-state index in [1.54, 1.807) is 6.20 Å². The third-order valence-corrected chi connectivity index (χ3v) is 3.22. The van der Waals surface area contributed by atoms with Crippen molar-refractivity contribution < 1.29 is 9.47 Å². The Morgan fingerprint density at radius 3 is 3.00 bits per heavy atom. The van der Waals surface area contributed by atoms with E-state index in [0.29, 0.717) is 12.6 Å². The molecule has 1 aliphatic rings. The highest BCUT2D eigenvalue weighted by Crippen LogP contribution is 2.29. The van der Waals surface area contributed by atoms with Gasteiger partial charge in [-0.15, -0.1) is 0 Å². The zero-order valence-corrected chi connectivity index (χ0v) is 10.6. The highest BCUT2D eigenvalue weighted by molar-refractivity contribution is 5.26. The molecule has 1 aromatic rings. The van der Waals surface area contributed by atoms with E-state index in [9.17, 15) is 0 Å². The third kappa shape index (κ3) is 2.58. The topological polar surface area (TPSA) is 43.4 Å². The Morgan fingerprint density at radius 2 is 2.35 bits per heavy atom. The fourth-order valence-electron chi connectivity index (χ4n) is 2.15. The van der Waals surface area contributed by atoms with E-state index in [4.69, 9.17) is 9.47 Å². The van der Waals surface area contributed by atoms with Gasteiger partial charge < -0.3 is 14.8 Å². The summed E-state index contributed by atoms with van der Waals surface area (Å²) in [5.41, 5.74) is 0.927. The van der Waals surface area contributed by atoms with Gasteiger partial charge in [-0.25, -0.2) is 0 Å². The molecule has 0 amide bonds. The molecule has 0 spiro atoms. The van der Waals surface area contributed by atoms with Crippen molar-refractivity contribution in [1.29, 1.82) is 0 Å². The monoisotopic (exact) mass is 236 g/mol. The summed E-state index contributed by atoms with van der Waals surface area (Å²) in [7, 11) is 1.96. The molecule has 0 saturated heterocycles. The molecular formula is C13H20N2O2. The van der Waals surface area contributed by atoms with Crippen LogP contribution in [-0.4, -0.2) is 36.9 Å². The third-order valence-electron chi connectivity index (χ3n) is 3.22. The molecule has 4 heteroatoms. The second kappa shape index (κ2) is 5.47. The van der Waals surface area contributed by atoms with Gasteiger partial charge in [-0.1, -0.05) is 0 Å². The molecule has 1 aliphatic carbocycles. The van der Waals surface area contributed by atoms with Crippen LogP contribution in [0.25, 0.3) is 0 Å². The normalized spacial score (nSPS) is 27.6. The molecule has 3 atom stereocenters. The van der Waals surface area contributed by atoms with Gasteiger partial charge in [0, 0.05) is 25.3 Å². The molecule has 1 saturated carbocycles. The van der Waals surface area contributed by atoms with Crippen molar-refractivity contribution in [1.82, 2.24) is 10.3 Å². The fourth-order valence-corrected chi connectivity index (χ4v) is 2.15. The first-order chi connectivity index (χ1) is 8.26. The quantitative estimate of drug-likeness (QED) is 0.842. The van der Waals surface area contributed by atoms with Crippen LogP contribution in [0.4, 0.5) is 0 Å². The van der Waals surface area contributed by atoms with Gasteiger partial charge in [0.2, 0.25) is 0 Å². The minimum Gasteiger partial charge on any atom is -0.486 e. The van der Waals surface area contributed by atoms with Crippen LogP contribution in [-0.2, 0) is 4.74 Å². The van der Waals surface area contributed by atoms with Crippen molar-refractivity contribution in [3.05, 3.63) is 24.0 Å². The van der Waals surface area contributed by atoms with Crippen LogP contribution in [0, 0.1) is 6.92 Å². The Morgan fingerprint density at radius 1 is 1.53 bits per heavy atom. The van der Waals surface area contributed by atoms with Crippen molar-refractivity contribution in [2.75, 3.05) is 13.7 Å². The van der Waals surface area contributed by atoms with E-state index < -0.39 is 0 Å². The number of aryl methyl sites for hydroxylation is 1. The van der Waals surface area contributed by atoms with Gasteiger partial charge in [0.1, 0.15) is 18.0 Å². The Balaban J connectivity index is 1.98. The first-order valence-electron chi connectivity index (χ1n) is 6.13. The van der Waals surface area contributed by atoms with E-state index in [0.717, 1.165) is 17.9 Å². The summed E-state index contributed by atoms with van der Waals surface area (Å²) in [4.78, 5) is 4.22. The van der Waals surface area contributed by atoms with Crippen LogP contribution in [0.1, 0.15) is 19.0 Å². The summed E-state index contributed by atoms with van der Waals surface area (Å²) in [6.45, 7) is 4.69. The SMILES string of the molecule is CCOC1C(NC)CC1Oc1cccnc1C. The van der Waals surface area contributed by atoms with Crippen molar-refractivity contribution in [3.8, 4) is 5.75 Å². The van der Waals surface area contributed by atoms with E-state index >= 15 is 0 Å². The summed E-state index contributed by atoms with van der Waals surface area (Å²) >= 11 is 0. The lowest BCUT2D eigenvalue weighted by Gasteiger charge is -2.43. The van der Waals surface area contributed by atoms with Gasteiger partial charge in [-0.3, -0.25) is 4.98 Å². The fraction of sp³-hybridized carbons (Fsp3) is 0.615. The van der Waals surface area contributed by atoms with E-state index in [2.05, 4.69) is 10.3 Å². The number of nitrogens with zero attached hydrogens (tertiary/aromatic N) is 1. The summed E-state index contributed by atoms with van der Waals surface area (Å²) in [6.07, 6.45) is 3.04. The first kappa shape index (κ1) is 12.3. The molecule has 0 aliphatic heterocycles. The van der Waals surface area contributed by atoms with E-state index in [1.807, 2.05) is 33.0 Å². The van der Waals surface area contributed by atoms with Crippen LogP contribution in [0.3, 0.4) is 0 Å². The van der Waals surface area contributed by atoms with Gasteiger partial charge in [0.05, 0.1) is 5.69 Å². The second-order valence-corrected chi connectivity index (χ2v) is 4.29. The van der Waals surface area contributed by atoms with E-state index in [-0.39, 0.29) is 12.2 Å². The minimum atomic E-state index is 0.135. The van der Waals surface area contributed by atoms with Gasteiger partial charge in [-0.2, -0.15) is 0 Å². The second-order valence-electron chi connectivity index (χ2n) is 4.29. The molecule has 3 unspecified atom stereocenters. The summed E-state index contributed by atoms with van der Waals surface area (Å²) in [5, 5.41) is 3.25. The minimum absolute atomic E-state index is 0.135. The Kier molecular flexibility index (Phi) is 3.97. The number of hydrogen-bond donors (Lipinski definition) is 1. The number of likely N-dealkylation sites (N-methyl/N-ethyl adjacent to an activating group) is 1. The molecule has 1 N–H and O–H groups in total. The predicted molar refractivity (Wildman–Crippen MR) is 66.3 cm³/mol. The van der Waals surface area contributed by atoms with Crippen molar-refractivity contribution in [2.45, 2.75) is 38.5 Å². The smallest absolute Gasteiger partial charge is 0.141 e. The highest BCUT2D eigenvalue weighted by Gasteiger charge is 2.42. The summed E-state index contributed by atoms with van der Waals surface area (Å²) in [5.74, 6) is 0.858. The first-order valence-corrected chi connectivity index (χ1v) is 6.13. The van der Waals surface area contributed by atoms with Gasteiger partial charge in [-0.05, 0) is 33.0 Å². The lowest BCUT2D eigenvalue weighted by molar-refractivity contribution is -0.103. The van der Waals surface area contributed by atoms with Crippen LogP contribution >= 0.6 is 0 Å². The number of pyridine rings is 1. The Labute approximate surface area is 102 Å². The molecule has 0 aromatic carbocycles. The van der Waals surface area contributed by atoms with E-state index in [1.165, 1.54) is 0 Å². The molecule has 1 heterocycles. The van der Waals surface area contributed by atoms with Crippen molar-refractivity contribution >= 4 is 0 Å².